The number of amides is 1. The van der Waals surface area contributed by atoms with Crippen LogP contribution in [0.5, 0.6) is 0 Å². The second-order valence-corrected chi connectivity index (χ2v) is 7.42. The highest BCUT2D eigenvalue weighted by atomic mass is 127. The molecule has 0 aliphatic carbocycles. The zero-order valence-corrected chi connectivity index (χ0v) is 15.4. The summed E-state index contributed by atoms with van der Waals surface area (Å²) in [6.07, 6.45) is 3.41. The lowest BCUT2D eigenvalue weighted by Crippen LogP contribution is -2.32. The molecule has 1 aromatic rings. The fourth-order valence-corrected chi connectivity index (χ4v) is 2.80. The van der Waals surface area contributed by atoms with Gasteiger partial charge in [-0.1, -0.05) is 26.7 Å². The number of hydrogen-bond acceptors (Lipinski definition) is 1. The Morgan fingerprint density at radius 3 is 2.63 bits per heavy atom. The second-order valence-electron chi connectivity index (χ2n) is 5.32. The minimum absolute atomic E-state index is 0.00226. The van der Waals surface area contributed by atoms with Crippen LogP contribution >= 0.6 is 38.5 Å². The van der Waals surface area contributed by atoms with Crippen molar-refractivity contribution in [3.63, 3.8) is 0 Å². The fourth-order valence-electron chi connectivity index (χ4n) is 1.88. The maximum Gasteiger partial charge on any atom is 0.252 e. The Morgan fingerprint density at radius 2 is 2.00 bits per heavy atom. The molecular weight excluding hydrogens is 417 g/mol. The SMILES string of the molecule is CC(C)CCCC(C)NC(=O)c1cc(I)ccc1Br. The molecule has 19 heavy (non-hydrogen) atoms. The molecule has 0 saturated carbocycles. The highest BCUT2D eigenvalue weighted by molar-refractivity contribution is 14.1. The Labute approximate surface area is 138 Å². The molecule has 1 unspecified atom stereocenters. The summed E-state index contributed by atoms with van der Waals surface area (Å²) in [7, 11) is 0. The third kappa shape index (κ3) is 6.25. The normalized spacial score (nSPS) is 12.5. The van der Waals surface area contributed by atoms with Crippen LogP contribution in [0.25, 0.3) is 0 Å². The van der Waals surface area contributed by atoms with E-state index in [-0.39, 0.29) is 11.9 Å². The van der Waals surface area contributed by atoms with Gasteiger partial charge in [0, 0.05) is 14.1 Å². The highest BCUT2D eigenvalue weighted by Crippen LogP contribution is 2.19. The Hall–Kier alpha value is -0.100. The molecule has 0 heterocycles. The third-order valence-electron chi connectivity index (χ3n) is 2.97. The summed E-state index contributed by atoms with van der Waals surface area (Å²) in [6, 6.07) is 6.02. The first kappa shape index (κ1) is 17.0. The van der Waals surface area contributed by atoms with Crippen LogP contribution in [0.15, 0.2) is 22.7 Å². The predicted molar refractivity (Wildman–Crippen MR) is 92.5 cm³/mol. The predicted octanol–water partition coefficient (Wildman–Crippen LogP) is 5.00. The number of hydrogen-bond donors (Lipinski definition) is 1. The standard InChI is InChI=1S/C15H21BrINO/c1-10(2)5-4-6-11(3)18-15(19)13-9-12(17)7-8-14(13)16/h7-11H,4-6H2,1-3H3,(H,18,19). The first-order valence-corrected chi connectivity index (χ1v) is 8.53. The van der Waals surface area contributed by atoms with Crippen LogP contribution in [0.4, 0.5) is 0 Å². The van der Waals surface area contributed by atoms with E-state index in [0.717, 1.165) is 26.8 Å². The molecule has 0 bridgehead atoms. The molecule has 4 heteroatoms. The summed E-state index contributed by atoms with van der Waals surface area (Å²) in [4.78, 5) is 12.2. The summed E-state index contributed by atoms with van der Waals surface area (Å²) in [5.74, 6) is 0.732. The van der Waals surface area contributed by atoms with Crippen molar-refractivity contribution in [2.24, 2.45) is 5.92 Å². The highest BCUT2D eigenvalue weighted by Gasteiger charge is 2.13. The van der Waals surface area contributed by atoms with Crippen molar-refractivity contribution in [2.45, 2.75) is 46.1 Å². The Morgan fingerprint density at radius 1 is 1.32 bits per heavy atom. The average molecular weight is 438 g/mol. The van der Waals surface area contributed by atoms with Gasteiger partial charge in [-0.15, -0.1) is 0 Å². The van der Waals surface area contributed by atoms with Crippen LogP contribution in [0.2, 0.25) is 0 Å². The summed E-state index contributed by atoms with van der Waals surface area (Å²) in [5.41, 5.74) is 0.711. The van der Waals surface area contributed by atoms with Crippen LogP contribution in [-0.2, 0) is 0 Å². The van der Waals surface area contributed by atoms with Crippen molar-refractivity contribution >= 4 is 44.4 Å². The molecule has 0 aromatic heterocycles. The Bertz CT molecular complexity index is 434. The molecular formula is C15H21BrINO. The smallest absolute Gasteiger partial charge is 0.252 e. The van der Waals surface area contributed by atoms with Gasteiger partial charge in [0.1, 0.15) is 0 Å². The summed E-state index contributed by atoms with van der Waals surface area (Å²) in [6.45, 7) is 6.53. The van der Waals surface area contributed by atoms with Crippen LogP contribution in [0, 0.1) is 9.49 Å². The second kappa shape index (κ2) is 8.25. The van der Waals surface area contributed by atoms with Crippen LogP contribution in [0.3, 0.4) is 0 Å². The lowest BCUT2D eigenvalue weighted by Gasteiger charge is -2.15. The van der Waals surface area contributed by atoms with Gasteiger partial charge in [-0.3, -0.25) is 4.79 Å². The molecule has 1 amide bonds. The number of halogens is 2. The molecule has 0 saturated heterocycles. The lowest BCUT2D eigenvalue weighted by atomic mass is 10.0. The first-order chi connectivity index (χ1) is 8.90. The van der Waals surface area contributed by atoms with Gasteiger partial charge in [-0.25, -0.2) is 0 Å². The number of nitrogens with one attached hydrogen (secondary N) is 1. The molecule has 1 N–H and O–H groups in total. The maximum atomic E-state index is 12.2. The van der Waals surface area contributed by atoms with E-state index in [1.54, 1.807) is 0 Å². The van der Waals surface area contributed by atoms with E-state index in [0.29, 0.717) is 5.56 Å². The zero-order chi connectivity index (χ0) is 14.4. The maximum absolute atomic E-state index is 12.2. The molecule has 0 radical (unpaired) electrons. The molecule has 1 aromatic carbocycles. The molecule has 0 aliphatic rings. The van der Waals surface area contributed by atoms with E-state index < -0.39 is 0 Å². The van der Waals surface area contributed by atoms with E-state index in [4.69, 9.17) is 0 Å². The fraction of sp³-hybridized carbons (Fsp3) is 0.533. The Balaban J connectivity index is 2.52. The van der Waals surface area contributed by atoms with Gasteiger partial charge < -0.3 is 5.32 Å². The van der Waals surface area contributed by atoms with Gasteiger partial charge in [-0.05, 0) is 76.0 Å². The monoisotopic (exact) mass is 437 g/mol. The molecule has 1 rings (SSSR count). The van der Waals surface area contributed by atoms with Gasteiger partial charge >= 0.3 is 0 Å². The minimum Gasteiger partial charge on any atom is -0.350 e. The van der Waals surface area contributed by atoms with Gasteiger partial charge in [0.15, 0.2) is 0 Å². The summed E-state index contributed by atoms with van der Waals surface area (Å²) >= 11 is 5.65. The topological polar surface area (TPSA) is 29.1 Å². The van der Waals surface area contributed by atoms with E-state index in [2.05, 4.69) is 64.6 Å². The minimum atomic E-state index is 0.00226. The van der Waals surface area contributed by atoms with E-state index in [1.165, 1.54) is 6.42 Å². The van der Waals surface area contributed by atoms with E-state index in [1.807, 2.05) is 18.2 Å². The van der Waals surface area contributed by atoms with Crippen molar-refractivity contribution in [1.82, 2.24) is 5.32 Å². The zero-order valence-electron chi connectivity index (χ0n) is 11.7. The number of carbonyl (C=O) groups excluding carboxylic acids is 1. The molecule has 0 aliphatic heterocycles. The van der Waals surface area contributed by atoms with Gasteiger partial charge in [0.25, 0.3) is 5.91 Å². The van der Waals surface area contributed by atoms with Crippen LogP contribution in [0.1, 0.15) is 50.4 Å². The van der Waals surface area contributed by atoms with Gasteiger partial charge in [0.2, 0.25) is 0 Å². The number of carbonyl (C=O) groups is 1. The van der Waals surface area contributed by atoms with Crippen molar-refractivity contribution in [3.05, 3.63) is 31.8 Å². The quantitative estimate of drug-likeness (QED) is 0.623. The lowest BCUT2D eigenvalue weighted by molar-refractivity contribution is 0.0937. The van der Waals surface area contributed by atoms with Crippen LogP contribution < -0.4 is 5.32 Å². The first-order valence-electron chi connectivity index (χ1n) is 6.66. The molecule has 106 valence electrons. The molecule has 1 atom stereocenters. The van der Waals surface area contributed by atoms with Crippen molar-refractivity contribution in [2.75, 3.05) is 0 Å². The van der Waals surface area contributed by atoms with Crippen molar-refractivity contribution in [3.8, 4) is 0 Å². The molecule has 0 spiro atoms. The average Bonchev–Trinajstić information content (AvgIpc) is 2.31. The molecule has 0 fully saturated rings. The van der Waals surface area contributed by atoms with Crippen LogP contribution in [-0.4, -0.2) is 11.9 Å². The van der Waals surface area contributed by atoms with E-state index >= 15 is 0 Å². The number of benzene rings is 1. The summed E-state index contributed by atoms with van der Waals surface area (Å²) in [5, 5.41) is 3.07. The van der Waals surface area contributed by atoms with Gasteiger partial charge in [-0.2, -0.15) is 0 Å². The van der Waals surface area contributed by atoms with Crippen molar-refractivity contribution in [1.29, 1.82) is 0 Å². The third-order valence-corrected chi connectivity index (χ3v) is 4.33. The molecule has 2 nitrogen and oxygen atoms in total. The van der Waals surface area contributed by atoms with Gasteiger partial charge in [0.05, 0.1) is 5.56 Å². The van der Waals surface area contributed by atoms with Crippen molar-refractivity contribution < 1.29 is 4.79 Å². The van der Waals surface area contributed by atoms with E-state index in [9.17, 15) is 4.79 Å². The largest absolute Gasteiger partial charge is 0.350 e. The Kier molecular flexibility index (Phi) is 7.36. The number of rotatable bonds is 6. The summed E-state index contributed by atoms with van der Waals surface area (Å²) < 4.78 is 1.92.